The summed E-state index contributed by atoms with van der Waals surface area (Å²) in [6.45, 7) is 4.36. The molecule has 1 aromatic carbocycles. The van der Waals surface area contributed by atoms with Gasteiger partial charge >= 0.3 is 0 Å². The molecule has 6 heteroatoms. The fourth-order valence-corrected chi connectivity index (χ4v) is 2.14. The highest BCUT2D eigenvalue weighted by Gasteiger charge is 2.13. The van der Waals surface area contributed by atoms with Crippen LogP contribution in [-0.2, 0) is 0 Å². The second kappa shape index (κ2) is 7.74. The van der Waals surface area contributed by atoms with Gasteiger partial charge in [0.25, 0.3) is 11.8 Å². The maximum absolute atomic E-state index is 12.4. The van der Waals surface area contributed by atoms with Crippen molar-refractivity contribution in [2.24, 2.45) is 0 Å². The van der Waals surface area contributed by atoms with E-state index in [0.29, 0.717) is 22.8 Å². The largest absolute Gasteiger partial charge is 0.351 e. The number of hydrogen-bond donors (Lipinski definition) is 2. The molecule has 0 aliphatic carbocycles. The third-order valence-electron chi connectivity index (χ3n) is 3.31. The molecule has 0 saturated heterocycles. The minimum atomic E-state index is -0.317. The van der Waals surface area contributed by atoms with Crippen molar-refractivity contribution in [1.82, 2.24) is 10.3 Å². The van der Waals surface area contributed by atoms with E-state index in [0.717, 1.165) is 12.0 Å². The van der Waals surface area contributed by atoms with Crippen molar-refractivity contribution in [2.75, 3.05) is 11.9 Å². The van der Waals surface area contributed by atoms with Crippen molar-refractivity contribution in [3.63, 3.8) is 0 Å². The Morgan fingerprint density at radius 1 is 1.22 bits per heavy atom. The van der Waals surface area contributed by atoms with Gasteiger partial charge in [0.2, 0.25) is 0 Å². The van der Waals surface area contributed by atoms with E-state index in [1.807, 2.05) is 13.8 Å². The van der Waals surface area contributed by atoms with Gasteiger partial charge in [0.05, 0.1) is 0 Å². The third kappa shape index (κ3) is 4.29. The molecule has 120 valence electrons. The third-order valence-corrected chi connectivity index (χ3v) is 3.72. The Labute approximate surface area is 140 Å². The number of halogens is 1. The number of aromatic nitrogens is 1. The number of nitrogens with one attached hydrogen (secondary N) is 2. The number of nitrogens with zero attached hydrogens (tertiary/aromatic N) is 1. The van der Waals surface area contributed by atoms with Gasteiger partial charge in [-0.15, -0.1) is 0 Å². The van der Waals surface area contributed by atoms with Crippen molar-refractivity contribution in [2.45, 2.75) is 20.3 Å². The number of benzene rings is 1. The van der Waals surface area contributed by atoms with Crippen LogP contribution in [0, 0.1) is 6.92 Å². The summed E-state index contributed by atoms with van der Waals surface area (Å²) >= 11 is 6.04. The molecule has 5 nitrogen and oxygen atoms in total. The second-order valence-electron chi connectivity index (χ2n) is 5.05. The molecule has 2 amide bonds. The van der Waals surface area contributed by atoms with Gasteiger partial charge in [0.1, 0.15) is 5.69 Å². The van der Waals surface area contributed by atoms with Gasteiger partial charge in [0, 0.05) is 29.0 Å². The Kier molecular flexibility index (Phi) is 5.71. The molecule has 0 saturated carbocycles. The van der Waals surface area contributed by atoms with E-state index in [4.69, 9.17) is 11.6 Å². The van der Waals surface area contributed by atoms with Crippen molar-refractivity contribution in [1.29, 1.82) is 0 Å². The highest BCUT2D eigenvalue weighted by molar-refractivity contribution is 6.31. The van der Waals surface area contributed by atoms with Gasteiger partial charge in [-0.1, -0.05) is 24.6 Å². The fraction of sp³-hybridized carbons (Fsp3) is 0.235. The van der Waals surface area contributed by atoms with E-state index in [2.05, 4.69) is 15.6 Å². The first-order chi connectivity index (χ1) is 11.0. The summed E-state index contributed by atoms with van der Waals surface area (Å²) in [6.07, 6.45) is 2.28. The Hall–Kier alpha value is -2.40. The molecule has 0 aliphatic rings. The van der Waals surface area contributed by atoms with Gasteiger partial charge in [-0.3, -0.25) is 14.6 Å². The molecule has 0 radical (unpaired) electrons. The Balaban J connectivity index is 2.16. The van der Waals surface area contributed by atoms with Crippen LogP contribution in [0.25, 0.3) is 0 Å². The second-order valence-corrected chi connectivity index (χ2v) is 5.46. The lowest BCUT2D eigenvalue weighted by Crippen LogP contribution is -2.25. The number of carbonyl (C=O) groups excluding carboxylic acids is 2. The van der Waals surface area contributed by atoms with Crippen molar-refractivity contribution in [3.05, 3.63) is 58.4 Å². The summed E-state index contributed by atoms with van der Waals surface area (Å²) < 4.78 is 0. The van der Waals surface area contributed by atoms with Crippen LogP contribution in [0.15, 0.2) is 36.5 Å². The molecule has 2 rings (SSSR count). The molecule has 2 N–H and O–H groups in total. The lowest BCUT2D eigenvalue weighted by atomic mass is 10.1. The van der Waals surface area contributed by atoms with Crippen LogP contribution >= 0.6 is 11.6 Å². The maximum Gasteiger partial charge on any atom is 0.269 e. The molecule has 0 spiro atoms. The first kappa shape index (κ1) is 17.0. The zero-order valence-corrected chi connectivity index (χ0v) is 13.8. The summed E-state index contributed by atoms with van der Waals surface area (Å²) in [7, 11) is 0. The zero-order chi connectivity index (χ0) is 16.8. The van der Waals surface area contributed by atoms with E-state index in [-0.39, 0.29) is 17.5 Å². The molecular weight excluding hydrogens is 314 g/mol. The predicted octanol–water partition coefficient (Wildman–Crippen LogP) is 3.44. The predicted molar refractivity (Wildman–Crippen MR) is 91.0 cm³/mol. The van der Waals surface area contributed by atoms with E-state index in [1.54, 1.807) is 24.3 Å². The molecule has 0 fully saturated rings. The summed E-state index contributed by atoms with van der Waals surface area (Å²) in [4.78, 5) is 28.3. The standard InChI is InChI=1S/C17H18ClN3O2/c1-3-8-20-17(23)15-10-12(7-9-19-15)16(22)21-14-6-4-5-13(18)11(14)2/h4-7,9-10H,3,8H2,1-2H3,(H,20,23)(H,21,22). The average Bonchev–Trinajstić information content (AvgIpc) is 2.57. The molecular formula is C17H18ClN3O2. The number of amides is 2. The highest BCUT2D eigenvalue weighted by atomic mass is 35.5. The molecule has 0 bridgehead atoms. The normalized spacial score (nSPS) is 10.2. The Morgan fingerprint density at radius 2 is 2.00 bits per heavy atom. The SMILES string of the molecule is CCCNC(=O)c1cc(C(=O)Nc2cccc(Cl)c2C)ccn1. The maximum atomic E-state index is 12.4. The van der Waals surface area contributed by atoms with E-state index in [1.165, 1.54) is 12.3 Å². The summed E-state index contributed by atoms with van der Waals surface area (Å²) in [6, 6.07) is 8.33. The van der Waals surface area contributed by atoms with Crippen LogP contribution in [0.5, 0.6) is 0 Å². The molecule has 2 aromatic rings. The molecule has 0 aliphatic heterocycles. The van der Waals surface area contributed by atoms with Crippen molar-refractivity contribution < 1.29 is 9.59 Å². The minimum Gasteiger partial charge on any atom is -0.351 e. The average molecular weight is 332 g/mol. The summed E-state index contributed by atoms with van der Waals surface area (Å²) in [5, 5.41) is 6.10. The minimum absolute atomic E-state index is 0.217. The monoisotopic (exact) mass is 331 g/mol. The lowest BCUT2D eigenvalue weighted by molar-refractivity contribution is 0.0948. The van der Waals surface area contributed by atoms with Crippen LogP contribution in [0.3, 0.4) is 0 Å². The van der Waals surface area contributed by atoms with Crippen LogP contribution in [0.2, 0.25) is 5.02 Å². The summed E-state index contributed by atoms with van der Waals surface area (Å²) in [5.41, 5.74) is 2.00. The molecule has 1 aromatic heterocycles. The zero-order valence-electron chi connectivity index (χ0n) is 13.0. The lowest BCUT2D eigenvalue weighted by Gasteiger charge is -2.10. The van der Waals surface area contributed by atoms with E-state index < -0.39 is 0 Å². The number of anilines is 1. The quantitative estimate of drug-likeness (QED) is 0.881. The Morgan fingerprint density at radius 3 is 2.74 bits per heavy atom. The molecule has 23 heavy (non-hydrogen) atoms. The van der Waals surface area contributed by atoms with Gasteiger partial charge in [-0.25, -0.2) is 0 Å². The van der Waals surface area contributed by atoms with Crippen LogP contribution in [-0.4, -0.2) is 23.3 Å². The van der Waals surface area contributed by atoms with Crippen molar-refractivity contribution in [3.8, 4) is 0 Å². The van der Waals surface area contributed by atoms with Gasteiger partial charge in [-0.2, -0.15) is 0 Å². The molecule has 0 atom stereocenters. The van der Waals surface area contributed by atoms with Crippen LogP contribution in [0.4, 0.5) is 5.69 Å². The van der Waals surface area contributed by atoms with Crippen LogP contribution < -0.4 is 10.6 Å². The van der Waals surface area contributed by atoms with Gasteiger partial charge in [0.15, 0.2) is 0 Å². The number of carbonyl (C=O) groups is 2. The topological polar surface area (TPSA) is 71.1 Å². The number of pyridine rings is 1. The number of rotatable bonds is 5. The van der Waals surface area contributed by atoms with Gasteiger partial charge < -0.3 is 10.6 Å². The van der Waals surface area contributed by atoms with Crippen LogP contribution in [0.1, 0.15) is 39.8 Å². The molecule has 1 heterocycles. The van der Waals surface area contributed by atoms with E-state index in [9.17, 15) is 9.59 Å². The fourth-order valence-electron chi connectivity index (χ4n) is 1.96. The van der Waals surface area contributed by atoms with Gasteiger partial charge in [-0.05, 0) is 43.2 Å². The van der Waals surface area contributed by atoms with E-state index >= 15 is 0 Å². The molecule has 0 unspecified atom stereocenters. The first-order valence-corrected chi connectivity index (χ1v) is 7.71. The first-order valence-electron chi connectivity index (χ1n) is 7.33. The number of hydrogen-bond acceptors (Lipinski definition) is 3. The Bertz CT molecular complexity index is 732. The summed E-state index contributed by atoms with van der Waals surface area (Å²) in [5.74, 6) is -0.609. The highest BCUT2D eigenvalue weighted by Crippen LogP contribution is 2.23. The smallest absolute Gasteiger partial charge is 0.269 e. The van der Waals surface area contributed by atoms with Crippen molar-refractivity contribution >= 4 is 29.1 Å².